The van der Waals surface area contributed by atoms with Gasteiger partial charge >= 0.3 is 0 Å². The molecule has 0 radical (unpaired) electrons. The van der Waals surface area contributed by atoms with E-state index in [1.54, 1.807) is 36.4 Å². The predicted octanol–water partition coefficient (Wildman–Crippen LogP) is 4.51. The van der Waals surface area contributed by atoms with Crippen LogP contribution in [0.5, 0.6) is 17.2 Å². The standard InChI is InChI=1S/C24H25ClN2O6S/c1-16-5-9-19(10-6-16)34(29,30)27(21-14-18(31-2)8-12-23(21)33-4)15-24(28)26-17-7-11-22(32-3)20(25)13-17/h5-14H,15H2,1-4H3,(H,26,28). The van der Waals surface area contributed by atoms with E-state index in [9.17, 15) is 13.2 Å². The van der Waals surface area contributed by atoms with E-state index in [1.807, 2.05) is 6.92 Å². The molecular formula is C24H25ClN2O6S. The molecule has 1 amide bonds. The third-order valence-electron chi connectivity index (χ3n) is 4.99. The number of benzene rings is 3. The summed E-state index contributed by atoms with van der Waals surface area (Å²) in [7, 11) is 0.218. The molecule has 3 rings (SSSR count). The van der Waals surface area contributed by atoms with Gasteiger partial charge in [-0.05, 0) is 49.4 Å². The number of carbonyl (C=O) groups is 1. The van der Waals surface area contributed by atoms with Gasteiger partial charge in [0.15, 0.2) is 0 Å². The lowest BCUT2D eigenvalue weighted by molar-refractivity contribution is -0.114. The van der Waals surface area contributed by atoms with Crippen molar-refractivity contribution in [1.82, 2.24) is 0 Å². The molecule has 0 unspecified atom stereocenters. The summed E-state index contributed by atoms with van der Waals surface area (Å²) in [6.07, 6.45) is 0. The van der Waals surface area contributed by atoms with Crippen molar-refractivity contribution < 1.29 is 27.4 Å². The molecule has 8 nitrogen and oxygen atoms in total. The first-order valence-corrected chi connectivity index (χ1v) is 12.0. The number of hydrogen-bond donors (Lipinski definition) is 1. The Bertz CT molecular complexity index is 1280. The van der Waals surface area contributed by atoms with Gasteiger partial charge in [0.1, 0.15) is 23.8 Å². The molecule has 0 heterocycles. The van der Waals surface area contributed by atoms with Crippen molar-refractivity contribution in [3.05, 3.63) is 71.2 Å². The molecule has 0 aromatic heterocycles. The van der Waals surface area contributed by atoms with Crippen LogP contribution in [-0.2, 0) is 14.8 Å². The van der Waals surface area contributed by atoms with Crippen LogP contribution in [0.25, 0.3) is 0 Å². The van der Waals surface area contributed by atoms with Gasteiger partial charge in [-0.15, -0.1) is 0 Å². The number of ether oxygens (including phenoxy) is 3. The van der Waals surface area contributed by atoms with Gasteiger partial charge in [-0.2, -0.15) is 0 Å². The molecule has 0 saturated carbocycles. The number of nitrogens with one attached hydrogen (secondary N) is 1. The van der Waals surface area contributed by atoms with Gasteiger partial charge < -0.3 is 19.5 Å². The van der Waals surface area contributed by atoms with Crippen LogP contribution in [0.4, 0.5) is 11.4 Å². The zero-order valence-electron chi connectivity index (χ0n) is 19.2. The molecule has 3 aromatic carbocycles. The topological polar surface area (TPSA) is 94.2 Å². The number of nitrogens with zero attached hydrogens (tertiary/aromatic N) is 1. The summed E-state index contributed by atoms with van der Waals surface area (Å²) in [6, 6.07) is 15.8. The Kier molecular flexibility index (Phi) is 7.90. The minimum Gasteiger partial charge on any atom is -0.497 e. The molecule has 1 N–H and O–H groups in total. The molecule has 0 aliphatic carbocycles. The van der Waals surface area contributed by atoms with Crippen LogP contribution in [0.15, 0.2) is 65.6 Å². The minimum atomic E-state index is -4.14. The van der Waals surface area contributed by atoms with Gasteiger partial charge in [-0.3, -0.25) is 9.10 Å². The number of hydrogen-bond acceptors (Lipinski definition) is 6. The highest BCUT2D eigenvalue weighted by atomic mass is 35.5. The maximum Gasteiger partial charge on any atom is 0.264 e. The summed E-state index contributed by atoms with van der Waals surface area (Å²) in [5, 5.41) is 2.98. The zero-order valence-corrected chi connectivity index (χ0v) is 20.7. The first-order valence-electron chi connectivity index (χ1n) is 10.1. The molecular weight excluding hydrogens is 480 g/mol. The van der Waals surface area contributed by atoms with E-state index < -0.39 is 22.5 Å². The summed E-state index contributed by atoms with van der Waals surface area (Å²) < 4.78 is 44.1. The van der Waals surface area contributed by atoms with Crippen LogP contribution in [0.2, 0.25) is 5.02 Å². The number of rotatable bonds is 9. The average molecular weight is 505 g/mol. The molecule has 0 bridgehead atoms. The molecule has 10 heteroatoms. The smallest absolute Gasteiger partial charge is 0.264 e. The fourth-order valence-electron chi connectivity index (χ4n) is 3.20. The van der Waals surface area contributed by atoms with E-state index in [-0.39, 0.29) is 16.3 Å². The fourth-order valence-corrected chi connectivity index (χ4v) is 4.88. The first-order chi connectivity index (χ1) is 16.2. The SMILES string of the molecule is COc1ccc(OC)c(N(CC(=O)Nc2ccc(OC)c(Cl)c2)S(=O)(=O)c2ccc(C)cc2)c1. The number of methoxy groups -OCH3 is 3. The second kappa shape index (κ2) is 10.7. The van der Waals surface area contributed by atoms with Crippen molar-refractivity contribution in [2.24, 2.45) is 0 Å². The highest BCUT2D eigenvalue weighted by Crippen LogP contribution is 2.36. The van der Waals surface area contributed by atoms with Crippen molar-refractivity contribution in [3.8, 4) is 17.2 Å². The van der Waals surface area contributed by atoms with E-state index >= 15 is 0 Å². The molecule has 180 valence electrons. The molecule has 34 heavy (non-hydrogen) atoms. The number of carbonyl (C=O) groups excluding carboxylic acids is 1. The third-order valence-corrected chi connectivity index (χ3v) is 7.06. The van der Waals surface area contributed by atoms with Gasteiger partial charge in [0.25, 0.3) is 10.0 Å². The highest BCUT2D eigenvalue weighted by Gasteiger charge is 2.30. The Labute approximate surface area is 204 Å². The summed E-state index contributed by atoms with van der Waals surface area (Å²) in [5.74, 6) is 0.533. The molecule has 0 aliphatic rings. The average Bonchev–Trinajstić information content (AvgIpc) is 2.82. The number of sulfonamides is 1. The van der Waals surface area contributed by atoms with Crippen LogP contribution < -0.4 is 23.8 Å². The van der Waals surface area contributed by atoms with Gasteiger partial charge in [0, 0.05) is 11.8 Å². The first kappa shape index (κ1) is 25.2. The quantitative estimate of drug-likeness (QED) is 0.461. The normalized spacial score (nSPS) is 11.0. The Morgan fingerprint density at radius 3 is 2.15 bits per heavy atom. The molecule has 0 aliphatic heterocycles. The lowest BCUT2D eigenvalue weighted by Crippen LogP contribution is -2.38. The Hall–Kier alpha value is -3.43. The van der Waals surface area contributed by atoms with E-state index in [4.69, 9.17) is 25.8 Å². The monoisotopic (exact) mass is 504 g/mol. The van der Waals surface area contributed by atoms with Crippen molar-refractivity contribution in [1.29, 1.82) is 0 Å². The summed E-state index contributed by atoms with van der Waals surface area (Å²) in [4.78, 5) is 13.0. The minimum absolute atomic E-state index is 0.0308. The van der Waals surface area contributed by atoms with Crippen molar-refractivity contribution in [3.63, 3.8) is 0 Å². The predicted molar refractivity (Wildman–Crippen MR) is 132 cm³/mol. The number of halogens is 1. The van der Waals surface area contributed by atoms with Crippen LogP contribution >= 0.6 is 11.6 Å². The summed E-state index contributed by atoms with van der Waals surface area (Å²) in [5.41, 5.74) is 1.45. The molecule has 0 saturated heterocycles. The highest BCUT2D eigenvalue weighted by molar-refractivity contribution is 7.92. The van der Waals surface area contributed by atoms with Crippen molar-refractivity contribution in [2.45, 2.75) is 11.8 Å². The van der Waals surface area contributed by atoms with Crippen LogP contribution in [0.1, 0.15) is 5.56 Å². The van der Waals surface area contributed by atoms with Gasteiger partial charge in [0.2, 0.25) is 5.91 Å². The van der Waals surface area contributed by atoms with Crippen LogP contribution in [0.3, 0.4) is 0 Å². The molecule has 0 spiro atoms. The van der Waals surface area contributed by atoms with E-state index in [0.29, 0.717) is 22.2 Å². The van der Waals surface area contributed by atoms with E-state index in [2.05, 4.69) is 5.32 Å². The van der Waals surface area contributed by atoms with Crippen LogP contribution in [-0.4, -0.2) is 42.2 Å². The maximum atomic E-state index is 13.6. The van der Waals surface area contributed by atoms with E-state index in [0.717, 1.165) is 9.87 Å². The second-order valence-electron chi connectivity index (χ2n) is 7.26. The summed E-state index contributed by atoms with van der Waals surface area (Å²) >= 11 is 6.14. The number of aryl methyl sites for hydroxylation is 1. The molecule has 0 atom stereocenters. The Morgan fingerprint density at radius 2 is 1.56 bits per heavy atom. The van der Waals surface area contributed by atoms with Gasteiger partial charge in [-0.25, -0.2) is 8.42 Å². The Balaban J connectivity index is 2.02. The van der Waals surface area contributed by atoms with Crippen molar-refractivity contribution in [2.75, 3.05) is 37.5 Å². The van der Waals surface area contributed by atoms with Gasteiger partial charge in [0.05, 0.1) is 36.9 Å². The number of anilines is 2. The largest absolute Gasteiger partial charge is 0.497 e. The third kappa shape index (κ3) is 5.55. The molecule has 0 fully saturated rings. The zero-order chi connectivity index (χ0) is 24.9. The van der Waals surface area contributed by atoms with Gasteiger partial charge in [-0.1, -0.05) is 29.3 Å². The lowest BCUT2D eigenvalue weighted by atomic mass is 10.2. The number of amides is 1. The van der Waals surface area contributed by atoms with E-state index in [1.165, 1.54) is 45.6 Å². The second-order valence-corrected chi connectivity index (χ2v) is 9.53. The van der Waals surface area contributed by atoms with Crippen LogP contribution in [0, 0.1) is 6.92 Å². The summed E-state index contributed by atoms with van der Waals surface area (Å²) in [6.45, 7) is 1.33. The van der Waals surface area contributed by atoms with Crippen molar-refractivity contribution >= 4 is 38.9 Å². The Morgan fingerprint density at radius 1 is 0.912 bits per heavy atom. The lowest BCUT2D eigenvalue weighted by Gasteiger charge is -2.26. The maximum absolute atomic E-state index is 13.6. The molecule has 3 aromatic rings. The fraction of sp³-hybridized carbons (Fsp3) is 0.208.